The Morgan fingerprint density at radius 3 is 2.48 bits per heavy atom. The van der Waals surface area contributed by atoms with E-state index in [1.165, 1.54) is 0 Å². The minimum Gasteiger partial charge on any atom is -0.368 e. The van der Waals surface area contributed by atoms with E-state index in [1.807, 2.05) is 13.0 Å². The number of para-hydroxylation sites is 2. The van der Waals surface area contributed by atoms with Crippen LogP contribution in [0.15, 0.2) is 42.5 Å². The molecule has 25 heavy (non-hydrogen) atoms. The van der Waals surface area contributed by atoms with Crippen molar-refractivity contribution >= 4 is 28.4 Å². The third-order valence-electron chi connectivity index (χ3n) is 3.51. The molecule has 0 saturated heterocycles. The van der Waals surface area contributed by atoms with E-state index in [0.29, 0.717) is 29.5 Å². The molecule has 7 heteroatoms. The second kappa shape index (κ2) is 7.21. The lowest BCUT2D eigenvalue weighted by atomic mass is 10.2. The molecule has 0 saturated carbocycles. The van der Waals surface area contributed by atoms with Gasteiger partial charge in [-0.15, -0.1) is 0 Å². The smallest absolute Gasteiger partial charge is 0.278 e. The Morgan fingerprint density at radius 1 is 1.08 bits per heavy atom. The van der Waals surface area contributed by atoms with Gasteiger partial charge in [0.05, 0.1) is 16.7 Å². The summed E-state index contributed by atoms with van der Waals surface area (Å²) in [4.78, 5) is 21.3. The molecular weight excluding hydrogens is 326 g/mol. The number of carbonyl (C=O) groups is 1. The summed E-state index contributed by atoms with van der Waals surface area (Å²) >= 11 is 0. The van der Waals surface area contributed by atoms with Crippen LogP contribution in [0.4, 0.5) is 20.3 Å². The molecule has 1 aromatic heterocycles. The Balaban J connectivity index is 1.98. The van der Waals surface area contributed by atoms with Crippen LogP contribution >= 0.6 is 0 Å². The quantitative estimate of drug-likeness (QED) is 0.736. The molecule has 0 fully saturated rings. The maximum Gasteiger partial charge on any atom is 0.278 e. The van der Waals surface area contributed by atoms with Gasteiger partial charge in [-0.3, -0.25) is 4.79 Å². The number of aromatic nitrogens is 2. The van der Waals surface area contributed by atoms with Gasteiger partial charge >= 0.3 is 0 Å². The van der Waals surface area contributed by atoms with Crippen LogP contribution in [0.25, 0.3) is 11.0 Å². The molecule has 0 atom stereocenters. The number of carbonyl (C=O) groups excluding carboxylic acids is 1. The van der Waals surface area contributed by atoms with E-state index in [0.717, 1.165) is 18.6 Å². The molecular formula is C18H16F2N4O. The highest BCUT2D eigenvalue weighted by Gasteiger charge is 2.18. The first kappa shape index (κ1) is 16.8. The number of fused-ring (bicyclic) bond motifs is 1. The minimum absolute atomic E-state index is 0.0517. The topological polar surface area (TPSA) is 66.9 Å². The molecule has 0 aliphatic rings. The Hall–Kier alpha value is -3.09. The predicted octanol–water partition coefficient (Wildman–Crippen LogP) is 3.98. The lowest BCUT2D eigenvalue weighted by Gasteiger charge is -2.12. The van der Waals surface area contributed by atoms with Crippen molar-refractivity contribution in [1.29, 1.82) is 0 Å². The van der Waals surface area contributed by atoms with Crippen LogP contribution in [0.3, 0.4) is 0 Å². The summed E-state index contributed by atoms with van der Waals surface area (Å²) < 4.78 is 26.8. The van der Waals surface area contributed by atoms with Crippen molar-refractivity contribution in [3.8, 4) is 0 Å². The molecule has 2 aromatic carbocycles. The number of halogens is 2. The average molecular weight is 342 g/mol. The first-order valence-electron chi connectivity index (χ1n) is 7.85. The maximum absolute atomic E-state index is 13.8. The van der Waals surface area contributed by atoms with Crippen molar-refractivity contribution in [2.45, 2.75) is 13.3 Å². The SMILES string of the molecule is CCCNc1nc2ccccc2nc1C(=O)Nc1ccc(F)cc1F. The molecule has 128 valence electrons. The summed E-state index contributed by atoms with van der Waals surface area (Å²) in [5.41, 5.74) is 1.12. The van der Waals surface area contributed by atoms with E-state index in [1.54, 1.807) is 18.2 Å². The van der Waals surface area contributed by atoms with E-state index in [-0.39, 0.29) is 11.4 Å². The van der Waals surface area contributed by atoms with Crippen LogP contribution in [0.1, 0.15) is 23.8 Å². The molecule has 0 unspecified atom stereocenters. The zero-order chi connectivity index (χ0) is 17.8. The van der Waals surface area contributed by atoms with Crippen molar-refractivity contribution in [3.05, 3.63) is 59.8 Å². The fraction of sp³-hybridized carbons (Fsp3) is 0.167. The van der Waals surface area contributed by atoms with Crippen LogP contribution in [0, 0.1) is 11.6 Å². The van der Waals surface area contributed by atoms with Gasteiger partial charge in [-0.05, 0) is 30.7 Å². The van der Waals surface area contributed by atoms with E-state index in [2.05, 4.69) is 20.6 Å². The molecule has 3 rings (SSSR count). The van der Waals surface area contributed by atoms with Crippen molar-refractivity contribution < 1.29 is 13.6 Å². The fourth-order valence-corrected chi connectivity index (χ4v) is 2.30. The molecule has 5 nitrogen and oxygen atoms in total. The largest absolute Gasteiger partial charge is 0.368 e. The summed E-state index contributed by atoms with van der Waals surface area (Å²) in [5.74, 6) is -1.88. The summed E-state index contributed by atoms with van der Waals surface area (Å²) in [6.45, 7) is 2.59. The molecule has 0 radical (unpaired) electrons. The van der Waals surface area contributed by atoms with E-state index in [4.69, 9.17) is 0 Å². The normalized spacial score (nSPS) is 10.7. The van der Waals surface area contributed by atoms with Gasteiger partial charge < -0.3 is 10.6 Å². The number of hydrogen-bond acceptors (Lipinski definition) is 4. The van der Waals surface area contributed by atoms with E-state index < -0.39 is 17.5 Å². The molecule has 3 aromatic rings. The number of nitrogens with one attached hydrogen (secondary N) is 2. The highest BCUT2D eigenvalue weighted by atomic mass is 19.1. The maximum atomic E-state index is 13.8. The molecule has 0 aliphatic heterocycles. The lowest BCUT2D eigenvalue weighted by Crippen LogP contribution is -2.19. The summed E-state index contributed by atoms with van der Waals surface area (Å²) in [5, 5.41) is 5.47. The molecule has 1 amide bonds. The molecule has 2 N–H and O–H groups in total. The molecule has 0 aliphatic carbocycles. The zero-order valence-electron chi connectivity index (χ0n) is 13.5. The highest BCUT2D eigenvalue weighted by molar-refractivity contribution is 6.07. The van der Waals surface area contributed by atoms with Crippen LogP contribution < -0.4 is 10.6 Å². The van der Waals surface area contributed by atoms with Gasteiger partial charge in [-0.2, -0.15) is 0 Å². The Bertz CT molecular complexity index is 930. The van der Waals surface area contributed by atoms with Gasteiger partial charge in [0.2, 0.25) is 0 Å². The number of anilines is 2. The number of rotatable bonds is 5. The van der Waals surface area contributed by atoms with Crippen molar-refractivity contribution in [1.82, 2.24) is 9.97 Å². The van der Waals surface area contributed by atoms with Gasteiger partial charge in [0.15, 0.2) is 11.5 Å². The standard InChI is InChI=1S/C18H16F2N4O/c1-2-9-21-17-16(22-14-5-3-4-6-15(14)23-17)18(25)24-13-8-7-11(19)10-12(13)20/h3-8,10H,2,9H2,1H3,(H,21,23)(H,24,25). The van der Waals surface area contributed by atoms with Crippen LogP contribution in [0.2, 0.25) is 0 Å². The third kappa shape index (κ3) is 3.71. The number of nitrogens with zero attached hydrogens (tertiary/aromatic N) is 2. The minimum atomic E-state index is -0.856. The highest BCUT2D eigenvalue weighted by Crippen LogP contribution is 2.20. The van der Waals surface area contributed by atoms with Gasteiger partial charge in [0.1, 0.15) is 11.6 Å². The van der Waals surface area contributed by atoms with Crippen LogP contribution in [-0.2, 0) is 0 Å². The number of amides is 1. The van der Waals surface area contributed by atoms with Crippen LogP contribution in [0.5, 0.6) is 0 Å². The van der Waals surface area contributed by atoms with E-state index in [9.17, 15) is 13.6 Å². The van der Waals surface area contributed by atoms with Gasteiger partial charge in [0, 0.05) is 12.6 Å². The molecule has 1 heterocycles. The Labute approximate surface area is 143 Å². The second-order valence-electron chi connectivity index (χ2n) is 5.41. The second-order valence-corrected chi connectivity index (χ2v) is 5.41. The van der Waals surface area contributed by atoms with Gasteiger partial charge in [0.25, 0.3) is 5.91 Å². The molecule has 0 spiro atoms. The van der Waals surface area contributed by atoms with Crippen molar-refractivity contribution in [2.75, 3.05) is 17.2 Å². The van der Waals surface area contributed by atoms with Crippen LogP contribution in [-0.4, -0.2) is 22.4 Å². The Kier molecular flexibility index (Phi) is 4.83. The van der Waals surface area contributed by atoms with E-state index >= 15 is 0 Å². The Morgan fingerprint density at radius 2 is 1.80 bits per heavy atom. The number of hydrogen-bond donors (Lipinski definition) is 2. The molecule has 0 bridgehead atoms. The summed E-state index contributed by atoms with van der Waals surface area (Å²) in [7, 11) is 0. The first-order valence-corrected chi connectivity index (χ1v) is 7.85. The summed E-state index contributed by atoms with van der Waals surface area (Å²) in [6.07, 6.45) is 0.835. The number of benzene rings is 2. The van der Waals surface area contributed by atoms with Crippen molar-refractivity contribution in [2.24, 2.45) is 0 Å². The monoisotopic (exact) mass is 342 g/mol. The summed E-state index contributed by atoms with van der Waals surface area (Å²) in [6, 6.07) is 10.1. The zero-order valence-corrected chi connectivity index (χ0v) is 13.5. The lowest BCUT2D eigenvalue weighted by molar-refractivity contribution is 0.102. The van der Waals surface area contributed by atoms with Crippen molar-refractivity contribution in [3.63, 3.8) is 0 Å². The fourth-order valence-electron chi connectivity index (χ4n) is 2.30. The predicted molar refractivity (Wildman–Crippen MR) is 92.6 cm³/mol. The average Bonchev–Trinajstić information content (AvgIpc) is 2.61. The first-order chi connectivity index (χ1) is 12.1. The van der Waals surface area contributed by atoms with Gasteiger partial charge in [-0.25, -0.2) is 18.7 Å². The van der Waals surface area contributed by atoms with Gasteiger partial charge in [-0.1, -0.05) is 19.1 Å². The third-order valence-corrected chi connectivity index (χ3v) is 3.51.